The van der Waals surface area contributed by atoms with Crippen molar-refractivity contribution in [2.45, 2.75) is 45.6 Å². The number of benzene rings is 1. The zero-order valence-electron chi connectivity index (χ0n) is 12.2. The van der Waals surface area contributed by atoms with Crippen LogP contribution in [0.3, 0.4) is 0 Å². The van der Waals surface area contributed by atoms with Gasteiger partial charge in [-0.3, -0.25) is 9.05 Å². The topological polar surface area (TPSA) is 35.5 Å². The highest BCUT2D eigenvalue weighted by atomic mass is 32.7. The van der Waals surface area contributed by atoms with Gasteiger partial charge in [-0.2, -0.15) is 0 Å². The van der Waals surface area contributed by atoms with Crippen molar-refractivity contribution >= 4 is 18.2 Å². The summed E-state index contributed by atoms with van der Waals surface area (Å²) >= 11 is 0.935. The first-order valence-electron chi connectivity index (χ1n) is 6.52. The molecule has 0 saturated heterocycles. The number of rotatable bonds is 7. The monoisotopic (exact) mass is 289 g/mol. The van der Waals surface area contributed by atoms with E-state index in [0.29, 0.717) is 0 Å². The van der Waals surface area contributed by atoms with Crippen molar-refractivity contribution in [3.05, 3.63) is 35.9 Å². The van der Waals surface area contributed by atoms with Gasteiger partial charge in [0.05, 0.1) is 12.2 Å². The van der Waals surface area contributed by atoms with Crippen LogP contribution in [0, 0.1) is 0 Å². The summed E-state index contributed by atoms with van der Waals surface area (Å²) in [5.41, 5.74) is 0.0944. The van der Waals surface area contributed by atoms with E-state index in [1.807, 2.05) is 30.3 Å². The van der Waals surface area contributed by atoms with Crippen LogP contribution in [0.25, 0.3) is 0 Å². The minimum absolute atomic E-state index is 0.208. The fraction of sp³-hybridized carbons (Fsp3) is 0.538. The predicted molar refractivity (Wildman–Crippen MR) is 77.8 cm³/mol. The first-order valence-corrected chi connectivity index (χ1v) is 8.97. The minimum atomic E-state index is -3.32. The molecule has 0 saturated carbocycles. The van der Waals surface area contributed by atoms with E-state index in [1.165, 1.54) is 0 Å². The van der Waals surface area contributed by atoms with Crippen LogP contribution in [0.15, 0.2) is 30.3 Å². The van der Waals surface area contributed by atoms with Crippen molar-refractivity contribution in [3.8, 4) is 0 Å². The van der Waals surface area contributed by atoms with Crippen molar-refractivity contribution in [2.24, 2.45) is 0 Å². The van der Waals surface area contributed by atoms with E-state index in [9.17, 15) is 4.57 Å². The van der Waals surface area contributed by atoms with E-state index in [-0.39, 0.29) is 12.2 Å². The van der Waals surface area contributed by atoms with Crippen molar-refractivity contribution < 1.29 is 15.0 Å². The Hall–Kier alpha value is -0.280. The zero-order valence-corrected chi connectivity index (χ0v) is 12.9. The molecule has 0 radical (unpaired) electrons. The molecule has 3 nitrogen and oxygen atoms in total. The largest absolute Gasteiger partial charge is 0.389 e. The molecule has 0 amide bonds. The molecule has 0 fully saturated rings. The van der Waals surface area contributed by atoms with Gasteiger partial charge in [0.2, 0.25) is 0 Å². The molecule has 0 aliphatic rings. The molecule has 1 aromatic rings. The lowest BCUT2D eigenvalue weighted by atomic mass is 10.2. The summed E-state index contributed by atoms with van der Waals surface area (Å²) in [5.74, 6) is 0. The maximum atomic E-state index is 12.6. The van der Waals surface area contributed by atoms with Crippen molar-refractivity contribution in [1.29, 1.82) is 0 Å². The summed E-state index contributed by atoms with van der Waals surface area (Å²) < 4.78 is 31.5. The Labute approximate surface area is 115 Å². The van der Waals surface area contributed by atoms with Gasteiger partial charge in [0.1, 0.15) is 0 Å². The van der Waals surface area contributed by atoms with Crippen LogP contribution in [-0.4, -0.2) is 12.2 Å². The third kappa shape index (κ3) is 6.05. The summed E-state index contributed by atoms with van der Waals surface area (Å²) in [6.07, 6.45) is -0.417. The summed E-state index contributed by atoms with van der Waals surface area (Å²) in [7, 11) is 0. The van der Waals surface area contributed by atoms with Gasteiger partial charge in [0, 0.05) is 7.10 Å². The van der Waals surface area contributed by atoms with Gasteiger partial charge < -0.3 is 0 Å². The molecule has 0 unspecified atom stereocenters. The van der Waals surface area contributed by atoms with Crippen LogP contribution >= 0.6 is 18.2 Å². The van der Waals surface area contributed by atoms with Crippen molar-refractivity contribution in [2.75, 3.05) is 0 Å². The molecule has 1 aromatic carbocycles. The maximum absolute atomic E-state index is 12.6. The fourth-order valence-electron chi connectivity index (χ4n) is 1.25. The predicted octanol–water partition coefficient (Wildman–Crippen LogP) is 4.88. The summed E-state index contributed by atoms with van der Waals surface area (Å²) in [5, 5.41) is 0. The van der Waals surface area contributed by atoms with Crippen LogP contribution in [0.1, 0.15) is 34.6 Å². The maximum Gasteiger partial charge on any atom is 0.389 e. The zero-order chi connectivity index (χ0) is 14.5. The van der Waals surface area contributed by atoms with Gasteiger partial charge in [0.15, 0.2) is 0 Å². The van der Waals surface area contributed by atoms with E-state index in [1.54, 1.807) is 27.7 Å². The highest BCUT2D eigenvalue weighted by Gasteiger charge is 2.28. The number of hydrogen-bond donors (Lipinski definition) is 0. The van der Waals surface area contributed by atoms with E-state index in [4.69, 9.17) is 10.4 Å². The molecule has 18 heavy (non-hydrogen) atoms. The summed E-state index contributed by atoms with van der Waals surface area (Å²) in [6, 6.07) is 9.26. The van der Waals surface area contributed by atoms with E-state index < -0.39 is 12.5 Å². The van der Waals surface area contributed by atoms with E-state index in [0.717, 1.165) is 16.9 Å². The molecule has 0 heterocycles. The second-order valence-corrected chi connectivity index (χ2v) is 8.13. The molecule has 0 bridgehead atoms. The summed E-state index contributed by atoms with van der Waals surface area (Å²) in [6.45, 7) is 3.89. The second-order valence-electron chi connectivity index (χ2n) is 4.39. The Kier molecular flexibility index (Phi) is 5.77. The second kappa shape index (κ2) is 7.34. The third-order valence-corrected chi connectivity index (χ3v) is 5.40. The smallest absolute Gasteiger partial charge is 0.298 e. The minimum Gasteiger partial charge on any atom is -0.298 e. The molecule has 5 heteroatoms. The lowest BCUT2D eigenvalue weighted by Crippen LogP contribution is -2.06. The molecule has 1 atom stereocenters. The van der Waals surface area contributed by atoms with Crippen LogP contribution in [0.2, 0.25) is 0 Å². The fourth-order valence-corrected chi connectivity index (χ4v) is 4.92. The van der Waals surface area contributed by atoms with Gasteiger partial charge in [0.25, 0.3) is 0 Å². The Bertz CT molecular complexity index is 411. The third-order valence-electron chi connectivity index (χ3n) is 1.80. The van der Waals surface area contributed by atoms with Gasteiger partial charge in [-0.15, -0.1) is 0 Å². The standard InChI is InChI=1S/C13H21O3PS/c1-11(2)15-17(14,16-12(3)4)18-10-13-8-6-5-7-9-13/h5-9,11-12H,10H2,1-4H3/i10D/t10-/m1/s1. The molecule has 1 rings (SSSR count). The van der Waals surface area contributed by atoms with Gasteiger partial charge in [-0.05, 0) is 44.6 Å². The van der Waals surface area contributed by atoms with E-state index >= 15 is 0 Å². The van der Waals surface area contributed by atoms with Crippen LogP contribution in [-0.2, 0) is 19.3 Å². The highest BCUT2D eigenvalue weighted by Crippen LogP contribution is 2.63. The molecule has 0 aliphatic carbocycles. The highest BCUT2D eigenvalue weighted by molar-refractivity contribution is 8.54. The molecular formula is C13H21O3PS. The Morgan fingerprint density at radius 3 is 2.11 bits per heavy atom. The van der Waals surface area contributed by atoms with Crippen molar-refractivity contribution in [3.63, 3.8) is 0 Å². The first-order chi connectivity index (χ1) is 8.82. The quantitative estimate of drug-likeness (QED) is 0.670. The van der Waals surface area contributed by atoms with Gasteiger partial charge >= 0.3 is 6.80 Å². The summed E-state index contributed by atoms with van der Waals surface area (Å²) in [4.78, 5) is 0. The number of hydrogen-bond acceptors (Lipinski definition) is 4. The average molecular weight is 289 g/mol. The Morgan fingerprint density at radius 1 is 1.17 bits per heavy atom. The lowest BCUT2D eigenvalue weighted by molar-refractivity contribution is 0.156. The molecular weight excluding hydrogens is 267 g/mol. The average Bonchev–Trinajstić information content (AvgIpc) is 2.27. The first kappa shape index (κ1) is 14.1. The molecule has 0 aliphatic heterocycles. The van der Waals surface area contributed by atoms with E-state index in [2.05, 4.69) is 0 Å². The van der Waals surface area contributed by atoms with Crippen LogP contribution < -0.4 is 0 Å². The molecule has 0 N–H and O–H groups in total. The van der Waals surface area contributed by atoms with Gasteiger partial charge in [-0.1, -0.05) is 30.3 Å². The lowest BCUT2D eigenvalue weighted by Gasteiger charge is -2.21. The normalized spacial score (nSPS) is 14.9. The van der Waals surface area contributed by atoms with Gasteiger partial charge in [-0.25, -0.2) is 4.57 Å². The molecule has 0 aromatic heterocycles. The Morgan fingerprint density at radius 2 is 1.67 bits per heavy atom. The van der Waals surface area contributed by atoms with Crippen molar-refractivity contribution in [1.82, 2.24) is 0 Å². The molecule has 0 spiro atoms. The van der Waals surface area contributed by atoms with Crippen LogP contribution in [0.4, 0.5) is 0 Å². The Balaban J connectivity index is 2.80. The SMILES string of the molecule is [2H][C@@H](SP(=O)(OC(C)C)OC(C)C)c1ccccc1. The molecule has 102 valence electrons. The van der Waals surface area contributed by atoms with Crippen LogP contribution in [0.5, 0.6) is 0 Å².